The Morgan fingerprint density at radius 3 is 2.52 bits per heavy atom. The van der Waals surface area contributed by atoms with Crippen LogP contribution >= 0.6 is 0 Å². The molecule has 3 rings (SSSR count). The van der Waals surface area contributed by atoms with Crippen molar-refractivity contribution < 1.29 is 18.7 Å². The molecule has 2 aromatic carbocycles. The highest BCUT2D eigenvalue weighted by molar-refractivity contribution is 5.97. The Morgan fingerprint density at radius 2 is 1.88 bits per heavy atom. The number of nitrogens with one attached hydrogen (secondary N) is 1. The highest BCUT2D eigenvalue weighted by Crippen LogP contribution is 2.24. The molecule has 5 nitrogen and oxygen atoms in total. The minimum absolute atomic E-state index is 0.0303. The fourth-order valence-corrected chi connectivity index (χ4v) is 2.88. The maximum Gasteiger partial charge on any atom is 0.229 e. The first-order valence-electron chi connectivity index (χ1n) is 8.03. The molecule has 6 heteroatoms. The first-order valence-corrected chi connectivity index (χ1v) is 8.03. The number of ether oxygens (including phenoxy) is 1. The summed E-state index contributed by atoms with van der Waals surface area (Å²) in [7, 11) is 1.59. The molecule has 1 aliphatic rings. The molecular formula is C19H19FN2O3. The van der Waals surface area contributed by atoms with Crippen molar-refractivity contribution in [3.8, 4) is 5.75 Å². The van der Waals surface area contributed by atoms with Gasteiger partial charge in [0.15, 0.2) is 0 Å². The number of hydrogen-bond donors (Lipinski definition) is 1. The molecule has 1 N–H and O–H groups in total. The van der Waals surface area contributed by atoms with Crippen molar-refractivity contribution in [3.63, 3.8) is 0 Å². The van der Waals surface area contributed by atoms with E-state index in [4.69, 9.17) is 4.74 Å². The van der Waals surface area contributed by atoms with Gasteiger partial charge >= 0.3 is 0 Å². The van der Waals surface area contributed by atoms with Gasteiger partial charge in [0.25, 0.3) is 0 Å². The Morgan fingerprint density at radius 1 is 1.20 bits per heavy atom. The molecule has 1 heterocycles. The number of nitrogens with zero attached hydrogens (tertiary/aromatic N) is 1. The second-order valence-corrected chi connectivity index (χ2v) is 5.97. The van der Waals surface area contributed by atoms with Crippen LogP contribution in [0.4, 0.5) is 10.1 Å². The summed E-state index contributed by atoms with van der Waals surface area (Å²) in [5, 5.41) is 2.87. The van der Waals surface area contributed by atoms with Crippen LogP contribution in [-0.2, 0) is 16.0 Å². The molecule has 0 radical (unpaired) electrons. The molecule has 0 aromatic heterocycles. The molecule has 1 atom stereocenters. The van der Waals surface area contributed by atoms with Crippen LogP contribution in [0.5, 0.6) is 5.75 Å². The number of halogens is 1. The third kappa shape index (κ3) is 4.15. The van der Waals surface area contributed by atoms with Gasteiger partial charge in [0, 0.05) is 18.7 Å². The van der Waals surface area contributed by atoms with Crippen molar-refractivity contribution in [2.75, 3.05) is 18.6 Å². The molecule has 0 aliphatic carbocycles. The highest BCUT2D eigenvalue weighted by atomic mass is 19.1. The first kappa shape index (κ1) is 17.0. The zero-order valence-corrected chi connectivity index (χ0v) is 13.9. The van der Waals surface area contributed by atoms with Gasteiger partial charge < -0.3 is 15.0 Å². The van der Waals surface area contributed by atoms with Gasteiger partial charge in [-0.3, -0.25) is 9.59 Å². The standard InChI is InChI=1S/C19H19FN2O3/c1-25-17-8-6-16(7-9-17)22-12-15(11-19(22)24)21-18(23)10-13-2-4-14(20)5-3-13/h2-9,15H,10-12H2,1H3,(H,21,23)/t15-/m0/s1. The zero-order chi connectivity index (χ0) is 17.8. The second kappa shape index (κ2) is 7.34. The average Bonchev–Trinajstić information content (AvgIpc) is 2.97. The third-order valence-electron chi connectivity index (χ3n) is 4.15. The molecule has 1 saturated heterocycles. The molecular weight excluding hydrogens is 323 g/mol. The molecule has 0 unspecified atom stereocenters. The monoisotopic (exact) mass is 342 g/mol. The van der Waals surface area contributed by atoms with E-state index in [1.165, 1.54) is 12.1 Å². The van der Waals surface area contributed by atoms with Crippen LogP contribution in [0, 0.1) is 5.82 Å². The minimum Gasteiger partial charge on any atom is -0.497 e. The fraction of sp³-hybridized carbons (Fsp3) is 0.263. The Bertz CT molecular complexity index is 759. The van der Waals surface area contributed by atoms with E-state index in [9.17, 15) is 14.0 Å². The van der Waals surface area contributed by atoms with Gasteiger partial charge in [0.05, 0.1) is 19.6 Å². The van der Waals surface area contributed by atoms with E-state index in [0.717, 1.165) is 17.0 Å². The third-order valence-corrected chi connectivity index (χ3v) is 4.15. The molecule has 1 aliphatic heterocycles. The lowest BCUT2D eigenvalue weighted by Gasteiger charge is -2.17. The molecule has 25 heavy (non-hydrogen) atoms. The van der Waals surface area contributed by atoms with Gasteiger partial charge in [-0.1, -0.05) is 12.1 Å². The number of anilines is 1. The highest BCUT2D eigenvalue weighted by Gasteiger charge is 2.31. The maximum absolute atomic E-state index is 12.9. The first-order chi connectivity index (χ1) is 12.0. The van der Waals surface area contributed by atoms with Gasteiger partial charge in [-0.2, -0.15) is 0 Å². The Hall–Kier alpha value is -2.89. The van der Waals surface area contributed by atoms with E-state index in [0.29, 0.717) is 6.54 Å². The summed E-state index contributed by atoms with van der Waals surface area (Å²) in [6.45, 7) is 0.431. The zero-order valence-electron chi connectivity index (χ0n) is 13.9. The van der Waals surface area contributed by atoms with Crippen LogP contribution in [0.2, 0.25) is 0 Å². The Labute approximate surface area is 145 Å². The van der Waals surface area contributed by atoms with Crippen molar-refractivity contribution in [1.82, 2.24) is 5.32 Å². The molecule has 130 valence electrons. The summed E-state index contributed by atoms with van der Waals surface area (Å²) < 4.78 is 18.0. The lowest BCUT2D eigenvalue weighted by atomic mass is 10.1. The van der Waals surface area contributed by atoms with Crippen LogP contribution in [0.25, 0.3) is 0 Å². The number of carbonyl (C=O) groups excluding carboxylic acids is 2. The Balaban J connectivity index is 1.58. The Kier molecular flexibility index (Phi) is 4.97. The van der Waals surface area contributed by atoms with Crippen LogP contribution < -0.4 is 15.0 Å². The van der Waals surface area contributed by atoms with Crippen molar-refractivity contribution in [2.24, 2.45) is 0 Å². The van der Waals surface area contributed by atoms with Gasteiger partial charge in [-0.15, -0.1) is 0 Å². The second-order valence-electron chi connectivity index (χ2n) is 5.97. The van der Waals surface area contributed by atoms with Crippen LogP contribution in [0.15, 0.2) is 48.5 Å². The number of methoxy groups -OCH3 is 1. The van der Waals surface area contributed by atoms with Gasteiger partial charge in [0.2, 0.25) is 11.8 Å². The summed E-state index contributed by atoms with van der Waals surface area (Å²) in [6, 6.07) is 12.8. The lowest BCUT2D eigenvalue weighted by molar-refractivity contribution is -0.121. The van der Waals surface area contributed by atoms with Gasteiger partial charge in [-0.25, -0.2) is 4.39 Å². The molecule has 0 bridgehead atoms. The molecule has 0 saturated carbocycles. The summed E-state index contributed by atoms with van der Waals surface area (Å²) in [5.41, 5.74) is 1.51. The average molecular weight is 342 g/mol. The SMILES string of the molecule is COc1ccc(N2C[C@@H](NC(=O)Cc3ccc(F)cc3)CC2=O)cc1. The predicted molar refractivity (Wildman–Crippen MR) is 92.0 cm³/mol. The minimum atomic E-state index is -0.333. The summed E-state index contributed by atoms with van der Waals surface area (Å²) >= 11 is 0. The van der Waals surface area contributed by atoms with Crippen molar-refractivity contribution in [3.05, 3.63) is 59.9 Å². The normalized spacial score (nSPS) is 16.8. The summed E-state index contributed by atoms with van der Waals surface area (Å²) in [4.78, 5) is 26.0. The van der Waals surface area contributed by atoms with E-state index >= 15 is 0 Å². The van der Waals surface area contributed by atoms with Crippen molar-refractivity contribution in [1.29, 1.82) is 0 Å². The van der Waals surface area contributed by atoms with E-state index in [2.05, 4.69) is 5.32 Å². The maximum atomic E-state index is 12.9. The van der Waals surface area contributed by atoms with Crippen LogP contribution in [0.3, 0.4) is 0 Å². The van der Waals surface area contributed by atoms with Crippen molar-refractivity contribution >= 4 is 17.5 Å². The molecule has 2 amide bonds. The van der Waals surface area contributed by atoms with E-state index in [-0.39, 0.29) is 36.5 Å². The number of carbonyl (C=O) groups is 2. The van der Waals surface area contributed by atoms with E-state index < -0.39 is 0 Å². The topological polar surface area (TPSA) is 58.6 Å². The predicted octanol–water partition coefficient (Wildman–Crippen LogP) is 2.30. The lowest BCUT2D eigenvalue weighted by Crippen LogP contribution is -2.38. The quantitative estimate of drug-likeness (QED) is 0.907. The molecule has 2 aromatic rings. The summed E-state index contributed by atoms with van der Waals surface area (Å²) in [6.07, 6.45) is 0.425. The van der Waals surface area contributed by atoms with Crippen LogP contribution in [-0.4, -0.2) is 31.5 Å². The van der Waals surface area contributed by atoms with Gasteiger partial charge in [0.1, 0.15) is 11.6 Å². The number of rotatable bonds is 5. The fourth-order valence-electron chi connectivity index (χ4n) is 2.88. The molecule has 0 spiro atoms. The summed E-state index contributed by atoms with van der Waals surface area (Å²) in [5.74, 6) is 0.179. The number of hydrogen-bond acceptors (Lipinski definition) is 3. The van der Waals surface area contributed by atoms with E-state index in [1.54, 1.807) is 36.3 Å². The van der Waals surface area contributed by atoms with Gasteiger partial charge in [-0.05, 0) is 42.0 Å². The largest absolute Gasteiger partial charge is 0.497 e. The number of amides is 2. The van der Waals surface area contributed by atoms with E-state index in [1.807, 2.05) is 12.1 Å². The van der Waals surface area contributed by atoms with Crippen molar-refractivity contribution in [2.45, 2.75) is 18.9 Å². The van der Waals surface area contributed by atoms with Crippen LogP contribution in [0.1, 0.15) is 12.0 Å². The number of benzene rings is 2. The smallest absolute Gasteiger partial charge is 0.229 e. The molecule has 1 fully saturated rings.